The molecule has 1 aromatic carbocycles. The second-order valence-electron chi connectivity index (χ2n) is 3.25. The van der Waals surface area contributed by atoms with Gasteiger partial charge in [0.25, 0.3) is 5.91 Å². The Morgan fingerprint density at radius 1 is 1.56 bits per heavy atom. The molecular formula is C11H13BrClNO2. The summed E-state index contributed by atoms with van der Waals surface area (Å²) < 4.78 is 5.33. The summed E-state index contributed by atoms with van der Waals surface area (Å²) in [6.45, 7) is 0.696. The third kappa shape index (κ3) is 4.41. The van der Waals surface area contributed by atoms with Crippen molar-refractivity contribution in [2.75, 3.05) is 25.5 Å². The van der Waals surface area contributed by atoms with E-state index in [4.69, 9.17) is 16.3 Å². The first-order valence-corrected chi connectivity index (χ1v) is 6.31. The molecule has 0 spiro atoms. The summed E-state index contributed by atoms with van der Waals surface area (Å²) in [6.07, 6.45) is 0. The Hall–Kier alpha value is -0.740. The Morgan fingerprint density at radius 2 is 2.31 bits per heavy atom. The monoisotopic (exact) mass is 305 g/mol. The number of hydrogen-bond donors (Lipinski definition) is 0. The molecule has 0 fully saturated rings. The van der Waals surface area contributed by atoms with Crippen LogP contribution in [0.15, 0.2) is 24.3 Å². The second kappa shape index (κ2) is 6.76. The van der Waals surface area contributed by atoms with Crippen LogP contribution >= 0.6 is 27.5 Å². The number of rotatable bonds is 5. The van der Waals surface area contributed by atoms with E-state index in [1.54, 1.807) is 36.2 Å². The van der Waals surface area contributed by atoms with Gasteiger partial charge in [-0.15, -0.1) is 0 Å². The van der Waals surface area contributed by atoms with Gasteiger partial charge in [-0.05, 0) is 18.2 Å². The van der Waals surface area contributed by atoms with Crippen LogP contribution in [0.5, 0.6) is 5.75 Å². The van der Waals surface area contributed by atoms with Gasteiger partial charge in [0.15, 0.2) is 6.61 Å². The number of carbonyl (C=O) groups is 1. The van der Waals surface area contributed by atoms with Crippen LogP contribution in [0, 0.1) is 0 Å². The van der Waals surface area contributed by atoms with Gasteiger partial charge in [-0.2, -0.15) is 0 Å². The summed E-state index contributed by atoms with van der Waals surface area (Å²) in [6, 6.07) is 6.99. The maximum Gasteiger partial charge on any atom is 0.260 e. The molecular weight excluding hydrogens is 293 g/mol. The predicted octanol–water partition coefficient (Wildman–Crippen LogP) is 2.57. The molecule has 16 heavy (non-hydrogen) atoms. The van der Waals surface area contributed by atoms with Crippen molar-refractivity contribution in [1.82, 2.24) is 4.90 Å². The zero-order chi connectivity index (χ0) is 12.0. The number of alkyl halides is 1. The van der Waals surface area contributed by atoms with Crippen molar-refractivity contribution < 1.29 is 9.53 Å². The van der Waals surface area contributed by atoms with E-state index >= 15 is 0 Å². The van der Waals surface area contributed by atoms with Crippen LogP contribution in [0.2, 0.25) is 5.02 Å². The maximum atomic E-state index is 11.5. The maximum absolute atomic E-state index is 11.5. The van der Waals surface area contributed by atoms with Crippen LogP contribution in [0.3, 0.4) is 0 Å². The predicted molar refractivity (Wildman–Crippen MR) is 68.4 cm³/mol. The summed E-state index contributed by atoms with van der Waals surface area (Å²) in [5, 5.41) is 1.35. The van der Waals surface area contributed by atoms with E-state index in [1.807, 2.05) is 0 Å². The highest BCUT2D eigenvalue weighted by Gasteiger charge is 2.08. The van der Waals surface area contributed by atoms with Crippen molar-refractivity contribution >= 4 is 33.4 Å². The number of nitrogens with zero attached hydrogens (tertiary/aromatic N) is 1. The minimum absolute atomic E-state index is 0.0316. The molecule has 1 rings (SSSR count). The molecule has 0 aliphatic carbocycles. The molecule has 5 heteroatoms. The first-order chi connectivity index (χ1) is 7.63. The van der Waals surface area contributed by atoms with Gasteiger partial charge in [-0.1, -0.05) is 33.6 Å². The standard InChI is InChI=1S/C11H13BrClNO2/c1-14(6-5-12)11(15)8-16-10-4-2-3-9(13)7-10/h2-4,7H,5-6,8H2,1H3. The molecule has 1 amide bonds. The number of halogens is 2. The third-order valence-electron chi connectivity index (χ3n) is 2.00. The summed E-state index contributed by atoms with van der Waals surface area (Å²) in [7, 11) is 1.74. The van der Waals surface area contributed by atoms with Gasteiger partial charge in [-0.3, -0.25) is 4.79 Å². The van der Waals surface area contributed by atoms with Crippen molar-refractivity contribution in [3.63, 3.8) is 0 Å². The Bertz CT molecular complexity index is 360. The van der Waals surface area contributed by atoms with Crippen molar-refractivity contribution in [1.29, 1.82) is 0 Å². The first-order valence-electron chi connectivity index (χ1n) is 4.82. The number of benzene rings is 1. The van der Waals surface area contributed by atoms with Gasteiger partial charge in [0.05, 0.1) is 0 Å². The Labute approximate surface area is 108 Å². The van der Waals surface area contributed by atoms with Crippen LogP contribution in [0.1, 0.15) is 0 Å². The highest BCUT2D eigenvalue weighted by atomic mass is 79.9. The molecule has 0 atom stereocenters. The molecule has 0 radical (unpaired) electrons. The van der Waals surface area contributed by atoms with Gasteiger partial charge in [-0.25, -0.2) is 0 Å². The molecule has 0 aliphatic rings. The molecule has 0 unspecified atom stereocenters. The topological polar surface area (TPSA) is 29.5 Å². The summed E-state index contributed by atoms with van der Waals surface area (Å²) in [4.78, 5) is 13.1. The van der Waals surface area contributed by atoms with E-state index in [1.165, 1.54) is 0 Å². The van der Waals surface area contributed by atoms with E-state index in [0.29, 0.717) is 17.3 Å². The lowest BCUT2D eigenvalue weighted by Crippen LogP contribution is -2.32. The van der Waals surface area contributed by atoms with Crippen LogP contribution in [-0.4, -0.2) is 36.3 Å². The molecule has 1 aromatic rings. The quantitative estimate of drug-likeness (QED) is 0.783. The zero-order valence-electron chi connectivity index (χ0n) is 8.95. The van der Waals surface area contributed by atoms with Crippen LogP contribution in [-0.2, 0) is 4.79 Å². The average Bonchev–Trinajstić information content (AvgIpc) is 2.26. The lowest BCUT2D eigenvalue weighted by Gasteiger charge is -2.15. The molecule has 88 valence electrons. The smallest absolute Gasteiger partial charge is 0.260 e. The number of carbonyl (C=O) groups excluding carboxylic acids is 1. The Kier molecular flexibility index (Phi) is 5.63. The molecule has 0 heterocycles. The summed E-state index contributed by atoms with van der Waals surface area (Å²) >= 11 is 9.06. The van der Waals surface area contributed by atoms with E-state index < -0.39 is 0 Å². The van der Waals surface area contributed by atoms with Crippen molar-refractivity contribution in [3.05, 3.63) is 29.3 Å². The van der Waals surface area contributed by atoms with Gasteiger partial charge in [0.2, 0.25) is 0 Å². The van der Waals surface area contributed by atoms with E-state index in [9.17, 15) is 4.79 Å². The average molecular weight is 307 g/mol. The molecule has 0 saturated carbocycles. The minimum Gasteiger partial charge on any atom is -0.484 e. The van der Waals surface area contributed by atoms with E-state index in [2.05, 4.69) is 15.9 Å². The molecule has 0 saturated heterocycles. The first kappa shape index (κ1) is 13.3. The zero-order valence-corrected chi connectivity index (χ0v) is 11.3. The number of hydrogen-bond acceptors (Lipinski definition) is 2. The van der Waals surface area contributed by atoms with E-state index in [-0.39, 0.29) is 12.5 Å². The number of ether oxygens (including phenoxy) is 1. The fourth-order valence-electron chi connectivity index (χ4n) is 1.06. The van der Waals surface area contributed by atoms with Gasteiger partial charge in [0, 0.05) is 23.9 Å². The van der Waals surface area contributed by atoms with Crippen molar-refractivity contribution in [2.45, 2.75) is 0 Å². The van der Waals surface area contributed by atoms with Crippen molar-refractivity contribution in [2.24, 2.45) is 0 Å². The number of likely N-dealkylation sites (N-methyl/N-ethyl adjacent to an activating group) is 1. The van der Waals surface area contributed by atoms with Gasteiger partial charge < -0.3 is 9.64 Å². The second-order valence-corrected chi connectivity index (χ2v) is 4.48. The molecule has 0 aliphatic heterocycles. The van der Waals surface area contributed by atoms with Crippen LogP contribution < -0.4 is 4.74 Å². The molecule has 3 nitrogen and oxygen atoms in total. The lowest BCUT2D eigenvalue weighted by atomic mass is 10.3. The molecule has 0 aromatic heterocycles. The van der Waals surface area contributed by atoms with E-state index in [0.717, 1.165) is 5.33 Å². The SMILES string of the molecule is CN(CCBr)C(=O)COc1cccc(Cl)c1. The Morgan fingerprint density at radius 3 is 2.94 bits per heavy atom. The highest BCUT2D eigenvalue weighted by Crippen LogP contribution is 2.16. The highest BCUT2D eigenvalue weighted by molar-refractivity contribution is 9.09. The largest absolute Gasteiger partial charge is 0.484 e. The number of amides is 1. The summed E-state index contributed by atoms with van der Waals surface area (Å²) in [5.74, 6) is 0.549. The lowest BCUT2D eigenvalue weighted by molar-refractivity contribution is -0.131. The van der Waals surface area contributed by atoms with Crippen LogP contribution in [0.4, 0.5) is 0 Å². The normalized spacial score (nSPS) is 9.94. The fraction of sp³-hybridized carbons (Fsp3) is 0.364. The molecule has 0 bridgehead atoms. The van der Waals surface area contributed by atoms with Gasteiger partial charge >= 0.3 is 0 Å². The Balaban J connectivity index is 2.42. The molecule has 0 N–H and O–H groups in total. The van der Waals surface area contributed by atoms with Gasteiger partial charge in [0.1, 0.15) is 5.75 Å². The van der Waals surface area contributed by atoms with Crippen LogP contribution in [0.25, 0.3) is 0 Å². The fourth-order valence-corrected chi connectivity index (χ4v) is 1.78. The third-order valence-corrected chi connectivity index (χ3v) is 2.59. The summed E-state index contributed by atoms with van der Waals surface area (Å²) in [5.41, 5.74) is 0. The minimum atomic E-state index is -0.0561. The van der Waals surface area contributed by atoms with Crippen molar-refractivity contribution in [3.8, 4) is 5.75 Å².